The molecule has 1 N–H and O–H groups in total. The summed E-state index contributed by atoms with van der Waals surface area (Å²) in [5.74, 6) is 0.598. The van der Waals surface area contributed by atoms with Gasteiger partial charge in [0.25, 0.3) is 0 Å². The zero-order valence-electron chi connectivity index (χ0n) is 15.2. The van der Waals surface area contributed by atoms with Gasteiger partial charge in [0.1, 0.15) is 0 Å². The van der Waals surface area contributed by atoms with Crippen molar-refractivity contribution in [1.82, 2.24) is 24.8 Å². The number of carbonyl (C=O) groups is 1. The van der Waals surface area contributed by atoms with Crippen LogP contribution < -0.4 is 10.2 Å². The lowest BCUT2D eigenvalue weighted by Gasteiger charge is -2.16. The number of imidazole rings is 1. The molecule has 1 aliphatic rings. The minimum atomic E-state index is -0.250. The first-order valence-corrected chi connectivity index (χ1v) is 9.03. The molecule has 3 aromatic rings. The van der Waals surface area contributed by atoms with Crippen molar-refractivity contribution < 1.29 is 4.79 Å². The Labute approximate surface area is 162 Å². The number of nitrogens with one attached hydrogen (secondary N) is 1. The molecule has 0 spiro atoms. The van der Waals surface area contributed by atoms with E-state index in [4.69, 9.17) is 5.26 Å². The standard InChI is InChI=1S/C20H19N7O/c21-9-15-1-3-16(4-2-15)13-26-14-23-10-17(26)11-25-18-5-8-27(20(18)28)19-12-22-6-7-24-19/h1-4,6-7,10,12,14,18,25H,5,8,11,13H2/t18-/m1/s1. The van der Waals surface area contributed by atoms with E-state index in [2.05, 4.69) is 26.3 Å². The Hall–Kier alpha value is -3.57. The van der Waals surface area contributed by atoms with Crippen molar-refractivity contribution in [1.29, 1.82) is 5.26 Å². The smallest absolute Gasteiger partial charge is 0.245 e. The third kappa shape index (κ3) is 3.75. The maximum atomic E-state index is 12.6. The van der Waals surface area contributed by atoms with Gasteiger partial charge in [0.15, 0.2) is 5.82 Å². The van der Waals surface area contributed by atoms with Gasteiger partial charge in [-0.1, -0.05) is 12.1 Å². The summed E-state index contributed by atoms with van der Waals surface area (Å²) < 4.78 is 2.04. The van der Waals surface area contributed by atoms with Gasteiger partial charge in [-0.3, -0.25) is 14.7 Å². The molecule has 0 saturated carbocycles. The number of aromatic nitrogens is 4. The first-order valence-electron chi connectivity index (χ1n) is 9.03. The van der Waals surface area contributed by atoms with E-state index in [1.54, 1.807) is 36.0 Å². The van der Waals surface area contributed by atoms with E-state index in [9.17, 15) is 4.79 Å². The highest BCUT2D eigenvalue weighted by atomic mass is 16.2. The minimum Gasteiger partial charge on any atom is -0.329 e. The van der Waals surface area contributed by atoms with Gasteiger partial charge in [-0.05, 0) is 24.1 Å². The zero-order chi connectivity index (χ0) is 19.3. The molecule has 1 atom stereocenters. The molecule has 28 heavy (non-hydrogen) atoms. The van der Waals surface area contributed by atoms with Crippen molar-refractivity contribution in [2.24, 2.45) is 0 Å². The molecular formula is C20H19N7O. The molecule has 1 aliphatic heterocycles. The van der Waals surface area contributed by atoms with Crippen LogP contribution in [-0.2, 0) is 17.9 Å². The van der Waals surface area contributed by atoms with Gasteiger partial charge in [-0.2, -0.15) is 5.26 Å². The zero-order valence-corrected chi connectivity index (χ0v) is 15.2. The molecule has 1 saturated heterocycles. The van der Waals surface area contributed by atoms with Crippen molar-refractivity contribution in [2.75, 3.05) is 11.4 Å². The molecule has 0 bridgehead atoms. The molecule has 1 amide bonds. The molecule has 0 radical (unpaired) electrons. The number of hydrogen-bond donors (Lipinski definition) is 1. The number of hydrogen-bond acceptors (Lipinski definition) is 6. The lowest BCUT2D eigenvalue weighted by atomic mass is 10.1. The fraction of sp³-hybridized carbons (Fsp3) is 0.250. The molecule has 140 valence electrons. The number of carbonyl (C=O) groups excluding carboxylic acids is 1. The van der Waals surface area contributed by atoms with Crippen molar-refractivity contribution in [3.63, 3.8) is 0 Å². The second kappa shape index (κ2) is 7.98. The Kier molecular flexibility index (Phi) is 5.08. The van der Waals surface area contributed by atoms with E-state index >= 15 is 0 Å². The number of rotatable bonds is 6. The molecule has 0 unspecified atom stereocenters. The van der Waals surface area contributed by atoms with Crippen LogP contribution >= 0.6 is 0 Å². The minimum absolute atomic E-state index is 0.0126. The van der Waals surface area contributed by atoms with Crippen molar-refractivity contribution in [2.45, 2.75) is 25.6 Å². The van der Waals surface area contributed by atoms with Crippen molar-refractivity contribution in [3.8, 4) is 6.07 Å². The summed E-state index contributed by atoms with van der Waals surface area (Å²) in [4.78, 5) is 26.8. The van der Waals surface area contributed by atoms with Crippen LogP contribution in [0.3, 0.4) is 0 Å². The normalized spacial score (nSPS) is 16.3. The third-order valence-corrected chi connectivity index (χ3v) is 4.80. The average molecular weight is 373 g/mol. The van der Waals surface area contributed by atoms with Crippen LogP contribution in [0.5, 0.6) is 0 Å². The van der Waals surface area contributed by atoms with Gasteiger partial charge >= 0.3 is 0 Å². The quantitative estimate of drug-likeness (QED) is 0.703. The summed E-state index contributed by atoms with van der Waals surface area (Å²) in [6.45, 7) is 1.83. The summed E-state index contributed by atoms with van der Waals surface area (Å²) in [6, 6.07) is 9.37. The summed E-state index contributed by atoms with van der Waals surface area (Å²) >= 11 is 0. The number of nitriles is 1. The molecule has 8 nitrogen and oxygen atoms in total. The Morgan fingerprint density at radius 2 is 2.04 bits per heavy atom. The highest BCUT2D eigenvalue weighted by molar-refractivity contribution is 5.98. The highest BCUT2D eigenvalue weighted by Crippen LogP contribution is 2.18. The van der Waals surface area contributed by atoms with Gasteiger partial charge in [0.2, 0.25) is 5.91 Å². The van der Waals surface area contributed by atoms with Crippen LogP contribution in [0, 0.1) is 11.3 Å². The average Bonchev–Trinajstić information content (AvgIpc) is 3.33. The summed E-state index contributed by atoms with van der Waals surface area (Å²) in [5, 5.41) is 12.2. The van der Waals surface area contributed by atoms with Crippen LogP contribution in [0.15, 0.2) is 55.4 Å². The number of anilines is 1. The topological polar surface area (TPSA) is 99.7 Å². The highest BCUT2D eigenvalue weighted by Gasteiger charge is 2.33. The Bertz CT molecular complexity index is 991. The van der Waals surface area contributed by atoms with E-state index in [0.29, 0.717) is 31.0 Å². The van der Waals surface area contributed by atoms with E-state index in [-0.39, 0.29) is 11.9 Å². The van der Waals surface area contributed by atoms with Gasteiger partial charge < -0.3 is 9.88 Å². The largest absolute Gasteiger partial charge is 0.329 e. The maximum absolute atomic E-state index is 12.6. The van der Waals surface area contributed by atoms with E-state index in [0.717, 1.165) is 17.7 Å². The van der Waals surface area contributed by atoms with E-state index in [1.165, 1.54) is 0 Å². The predicted molar refractivity (Wildman–Crippen MR) is 102 cm³/mol. The summed E-state index contributed by atoms with van der Waals surface area (Å²) in [7, 11) is 0. The molecule has 2 aromatic heterocycles. The molecule has 8 heteroatoms. The fourth-order valence-corrected chi connectivity index (χ4v) is 3.27. The van der Waals surface area contributed by atoms with Gasteiger partial charge in [-0.25, -0.2) is 9.97 Å². The monoisotopic (exact) mass is 373 g/mol. The maximum Gasteiger partial charge on any atom is 0.245 e. The molecule has 1 fully saturated rings. The molecule has 0 aliphatic carbocycles. The first kappa shape index (κ1) is 17.8. The second-order valence-electron chi connectivity index (χ2n) is 6.60. The molecule has 1 aromatic carbocycles. The third-order valence-electron chi connectivity index (χ3n) is 4.80. The second-order valence-corrected chi connectivity index (χ2v) is 6.60. The Balaban J connectivity index is 1.38. The van der Waals surface area contributed by atoms with Crippen LogP contribution in [0.4, 0.5) is 5.82 Å². The van der Waals surface area contributed by atoms with Crippen LogP contribution in [0.25, 0.3) is 0 Å². The number of benzene rings is 1. The SMILES string of the molecule is N#Cc1ccc(Cn2cncc2CN[C@@H]2CCN(c3cnccn3)C2=O)cc1. The van der Waals surface area contributed by atoms with Gasteiger partial charge in [-0.15, -0.1) is 0 Å². The first-order chi connectivity index (χ1) is 13.7. The lowest BCUT2D eigenvalue weighted by molar-refractivity contribution is -0.118. The number of nitrogens with zero attached hydrogens (tertiary/aromatic N) is 6. The lowest BCUT2D eigenvalue weighted by Crippen LogP contribution is -2.38. The Morgan fingerprint density at radius 1 is 1.18 bits per heavy atom. The fourth-order valence-electron chi connectivity index (χ4n) is 3.27. The van der Waals surface area contributed by atoms with Gasteiger partial charge in [0.05, 0.1) is 35.9 Å². The summed E-state index contributed by atoms with van der Waals surface area (Å²) in [6.07, 6.45) is 9.08. The van der Waals surface area contributed by atoms with Crippen LogP contribution in [-0.4, -0.2) is 38.0 Å². The molecular weight excluding hydrogens is 354 g/mol. The molecule has 4 rings (SSSR count). The van der Waals surface area contributed by atoms with Crippen LogP contribution in [0.1, 0.15) is 23.2 Å². The Morgan fingerprint density at radius 3 is 2.79 bits per heavy atom. The van der Waals surface area contributed by atoms with Gasteiger partial charge in [0, 0.05) is 38.2 Å². The van der Waals surface area contributed by atoms with Crippen molar-refractivity contribution in [3.05, 3.63) is 72.2 Å². The predicted octanol–water partition coefficient (Wildman–Crippen LogP) is 1.49. The van der Waals surface area contributed by atoms with Crippen molar-refractivity contribution >= 4 is 11.7 Å². The number of amides is 1. The van der Waals surface area contributed by atoms with E-state index in [1.807, 2.05) is 28.8 Å². The molecule has 3 heterocycles. The van der Waals surface area contributed by atoms with E-state index < -0.39 is 0 Å². The van der Waals surface area contributed by atoms with Crippen LogP contribution in [0.2, 0.25) is 0 Å². The summed E-state index contributed by atoms with van der Waals surface area (Å²) in [5.41, 5.74) is 2.72.